The molecule has 0 aromatic rings. The van der Waals surface area contributed by atoms with E-state index < -0.39 is 41.8 Å². The van der Waals surface area contributed by atoms with E-state index in [1.165, 1.54) is 0 Å². The maximum absolute atomic E-state index is 13.0. The Balaban J connectivity index is 5.33. The van der Waals surface area contributed by atoms with Gasteiger partial charge in [0, 0.05) is 5.75 Å². The summed E-state index contributed by atoms with van der Waals surface area (Å²) in [6, 6.07) is -2.33. The van der Waals surface area contributed by atoms with Crippen molar-refractivity contribution in [1.29, 1.82) is 0 Å². The molecule has 0 saturated carbocycles. The van der Waals surface area contributed by atoms with Crippen molar-refractivity contribution in [3.63, 3.8) is 0 Å². The third kappa shape index (κ3) is 13.2. The summed E-state index contributed by atoms with van der Waals surface area (Å²) in [4.78, 5) is 60.1. The summed E-state index contributed by atoms with van der Waals surface area (Å²) in [6.07, 6.45) is 2.80. The van der Waals surface area contributed by atoms with Crippen molar-refractivity contribution >= 4 is 41.3 Å². The predicted molar refractivity (Wildman–Crippen MR) is 124 cm³/mol. The molecular formula is C20H38N6O5S. The molecule has 3 atom stereocenters. The Morgan fingerprint density at radius 3 is 1.97 bits per heavy atom. The SMILES string of the molecule is CCCC[C@H](NC)C(=O)N[C@@H](CC(C)C)C(=O)N[C@@H](CSCC(N)=O)C(=O)NCC(N)=O. The van der Waals surface area contributed by atoms with Gasteiger partial charge in [-0.3, -0.25) is 24.0 Å². The summed E-state index contributed by atoms with van der Waals surface area (Å²) in [7, 11) is 1.69. The fourth-order valence-corrected chi connectivity index (χ4v) is 3.61. The number of unbranched alkanes of at least 4 members (excludes halogenated alkanes) is 1. The summed E-state index contributed by atoms with van der Waals surface area (Å²) in [5.74, 6) is -2.63. The fourth-order valence-electron chi connectivity index (χ4n) is 2.82. The van der Waals surface area contributed by atoms with Crippen molar-refractivity contribution in [2.24, 2.45) is 17.4 Å². The van der Waals surface area contributed by atoms with Crippen LogP contribution in [0, 0.1) is 5.92 Å². The molecule has 0 radical (unpaired) electrons. The lowest BCUT2D eigenvalue weighted by Gasteiger charge is -2.25. The molecule has 11 nitrogen and oxygen atoms in total. The second-order valence-corrected chi connectivity index (χ2v) is 8.93. The first kappa shape index (κ1) is 29.7. The van der Waals surface area contributed by atoms with Crippen molar-refractivity contribution < 1.29 is 24.0 Å². The highest BCUT2D eigenvalue weighted by atomic mass is 32.2. The van der Waals surface area contributed by atoms with Gasteiger partial charge in [0.25, 0.3) is 0 Å². The van der Waals surface area contributed by atoms with Gasteiger partial charge in [-0.25, -0.2) is 0 Å². The minimum Gasteiger partial charge on any atom is -0.369 e. The quantitative estimate of drug-likeness (QED) is 0.150. The lowest BCUT2D eigenvalue weighted by Crippen LogP contribution is -2.57. The summed E-state index contributed by atoms with van der Waals surface area (Å²) < 4.78 is 0. The topological polar surface area (TPSA) is 186 Å². The summed E-state index contributed by atoms with van der Waals surface area (Å²) >= 11 is 1.07. The van der Waals surface area contributed by atoms with Crippen LogP contribution in [0.15, 0.2) is 0 Å². The van der Waals surface area contributed by atoms with Crippen LogP contribution in [-0.4, -0.2) is 72.8 Å². The highest BCUT2D eigenvalue weighted by Crippen LogP contribution is 2.09. The van der Waals surface area contributed by atoms with Gasteiger partial charge in [-0.15, -0.1) is 11.8 Å². The summed E-state index contributed by atoms with van der Waals surface area (Å²) in [6.45, 7) is 5.47. The van der Waals surface area contributed by atoms with Crippen LogP contribution < -0.4 is 32.7 Å². The number of rotatable bonds is 17. The lowest BCUT2D eigenvalue weighted by atomic mass is 10.0. The van der Waals surface area contributed by atoms with Gasteiger partial charge in [0.05, 0.1) is 18.3 Å². The molecule has 0 spiro atoms. The molecule has 0 bridgehead atoms. The monoisotopic (exact) mass is 474 g/mol. The first-order chi connectivity index (χ1) is 15.0. The van der Waals surface area contributed by atoms with E-state index in [9.17, 15) is 24.0 Å². The van der Waals surface area contributed by atoms with E-state index in [4.69, 9.17) is 11.5 Å². The van der Waals surface area contributed by atoms with Crippen molar-refractivity contribution in [3.05, 3.63) is 0 Å². The van der Waals surface area contributed by atoms with E-state index in [2.05, 4.69) is 21.3 Å². The van der Waals surface area contributed by atoms with E-state index in [0.29, 0.717) is 12.8 Å². The van der Waals surface area contributed by atoms with Crippen molar-refractivity contribution in [3.8, 4) is 0 Å². The molecule has 0 aliphatic carbocycles. The second kappa shape index (κ2) is 16.3. The van der Waals surface area contributed by atoms with Crippen LogP contribution in [0.4, 0.5) is 0 Å². The van der Waals surface area contributed by atoms with Gasteiger partial charge in [-0.2, -0.15) is 0 Å². The van der Waals surface area contributed by atoms with Crippen LogP contribution in [0.1, 0.15) is 46.5 Å². The van der Waals surface area contributed by atoms with Gasteiger partial charge in [0.1, 0.15) is 12.1 Å². The molecule has 0 unspecified atom stereocenters. The number of carbonyl (C=O) groups excluding carboxylic acids is 5. The molecule has 0 aliphatic heterocycles. The molecule has 0 fully saturated rings. The molecule has 0 aromatic heterocycles. The maximum Gasteiger partial charge on any atom is 0.243 e. The number of likely N-dealkylation sites (N-methyl/N-ethyl adjacent to an activating group) is 1. The third-order valence-corrected chi connectivity index (χ3v) is 5.51. The average Bonchev–Trinajstić information content (AvgIpc) is 2.70. The molecule has 0 rings (SSSR count). The van der Waals surface area contributed by atoms with Gasteiger partial charge < -0.3 is 32.7 Å². The zero-order valence-corrected chi connectivity index (χ0v) is 20.2. The van der Waals surface area contributed by atoms with Gasteiger partial charge in [-0.05, 0) is 25.8 Å². The Morgan fingerprint density at radius 2 is 1.47 bits per heavy atom. The molecule has 0 aromatic carbocycles. The highest BCUT2D eigenvalue weighted by Gasteiger charge is 2.29. The molecule has 184 valence electrons. The predicted octanol–water partition coefficient (Wildman–Crippen LogP) is -1.40. The van der Waals surface area contributed by atoms with Crippen LogP contribution in [0.25, 0.3) is 0 Å². The Labute approximate surface area is 193 Å². The van der Waals surface area contributed by atoms with Gasteiger partial charge >= 0.3 is 0 Å². The zero-order valence-electron chi connectivity index (χ0n) is 19.4. The van der Waals surface area contributed by atoms with Crippen LogP contribution in [-0.2, 0) is 24.0 Å². The standard InChI is InChI=1S/C20H38N6O5S/c1-5-6-7-13(23-4)19(30)25-14(8-12(2)3)20(31)26-15(10-32-11-17(22)28)18(29)24-9-16(21)27/h12-15,23H,5-11H2,1-4H3,(H2,21,27)(H2,22,28)(H,24,29)(H,25,30)(H,26,31)/t13-,14-,15-/m0/s1. The fraction of sp³-hybridized carbons (Fsp3) is 0.750. The number of amides is 5. The highest BCUT2D eigenvalue weighted by molar-refractivity contribution is 8.00. The Morgan fingerprint density at radius 1 is 0.875 bits per heavy atom. The largest absolute Gasteiger partial charge is 0.369 e. The van der Waals surface area contributed by atoms with Crippen molar-refractivity contribution in [2.75, 3.05) is 25.1 Å². The molecule has 0 heterocycles. The lowest BCUT2D eigenvalue weighted by molar-refractivity contribution is -0.133. The van der Waals surface area contributed by atoms with E-state index >= 15 is 0 Å². The average molecular weight is 475 g/mol. The Kier molecular flexibility index (Phi) is 15.1. The van der Waals surface area contributed by atoms with E-state index in [1.54, 1.807) is 7.05 Å². The van der Waals surface area contributed by atoms with Crippen LogP contribution in [0.5, 0.6) is 0 Å². The normalized spacial score (nSPS) is 13.7. The zero-order chi connectivity index (χ0) is 24.7. The minimum absolute atomic E-state index is 0.0388. The number of thioether (sulfide) groups is 1. The number of hydrogen-bond donors (Lipinski definition) is 6. The minimum atomic E-state index is -1.04. The maximum atomic E-state index is 13.0. The summed E-state index contributed by atoms with van der Waals surface area (Å²) in [5.41, 5.74) is 10.2. The number of nitrogens with one attached hydrogen (secondary N) is 4. The smallest absolute Gasteiger partial charge is 0.243 e. The van der Waals surface area contributed by atoms with Gasteiger partial charge in [0.15, 0.2) is 0 Å². The van der Waals surface area contributed by atoms with E-state index in [1.807, 2.05) is 20.8 Å². The molecule has 32 heavy (non-hydrogen) atoms. The number of hydrogen-bond acceptors (Lipinski definition) is 7. The number of nitrogens with two attached hydrogens (primary N) is 2. The van der Waals surface area contributed by atoms with Crippen LogP contribution in [0.2, 0.25) is 0 Å². The Bertz CT molecular complexity index is 646. The molecular weight excluding hydrogens is 436 g/mol. The van der Waals surface area contributed by atoms with Gasteiger partial charge in [0.2, 0.25) is 29.5 Å². The molecule has 12 heteroatoms. The molecule has 0 aliphatic rings. The number of carbonyl (C=O) groups is 5. The third-order valence-electron chi connectivity index (χ3n) is 4.45. The number of primary amides is 2. The van der Waals surface area contributed by atoms with Crippen molar-refractivity contribution in [2.45, 2.75) is 64.6 Å². The van der Waals surface area contributed by atoms with Gasteiger partial charge in [-0.1, -0.05) is 33.6 Å². The first-order valence-corrected chi connectivity index (χ1v) is 11.9. The van der Waals surface area contributed by atoms with Crippen LogP contribution >= 0.6 is 11.8 Å². The molecule has 0 saturated heterocycles. The molecule has 8 N–H and O–H groups in total. The second-order valence-electron chi connectivity index (χ2n) is 7.90. The van der Waals surface area contributed by atoms with E-state index in [0.717, 1.165) is 24.6 Å². The first-order valence-electron chi connectivity index (χ1n) is 10.7. The molecule has 5 amide bonds. The van der Waals surface area contributed by atoms with Crippen molar-refractivity contribution in [1.82, 2.24) is 21.3 Å². The summed E-state index contributed by atoms with van der Waals surface area (Å²) in [5, 5.41) is 10.7. The van der Waals surface area contributed by atoms with Crippen LogP contribution in [0.3, 0.4) is 0 Å². The Hall–Kier alpha value is -2.34. The van der Waals surface area contributed by atoms with E-state index in [-0.39, 0.29) is 29.9 Å².